The van der Waals surface area contributed by atoms with E-state index in [1.807, 2.05) is 0 Å². The summed E-state index contributed by atoms with van der Waals surface area (Å²) in [5.41, 5.74) is 0.435. The molecule has 6 heteroatoms. The molecule has 0 saturated carbocycles. The van der Waals surface area contributed by atoms with Crippen LogP contribution < -0.4 is 10.6 Å². The first-order valence-corrected chi connectivity index (χ1v) is 5.21. The molecule has 6 nitrogen and oxygen atoms in total. The molecular weight excluding hydrogens is 222 g/mol. The maximum Gasteiger partial charge on any atom is 0.252 e. The third-order valence-corrected chi connectivity index (χ3v) is 2.49. The Morgan fingerprint density at radius 2 is 2.06 bits per heavy atom. The largest absolute Gasteiger partial charge is 0.340 e. The van der Waals surface area contributed by atoms with E-state index in [4.69, 9.17) is 0 Å². The van der Waals surface area contributed by atoms with Gasteiger partial charge in [0.1, 0.15) is 6.04 Å². The number of carbonyl (C=O) groups is 3. The van der Waals surface area contributed by atoms with E-state index < -0.39 is 11.9 Å². The van der Waals surface area contributed by atoms with Crippen LogP contribution in [-0.2, 0) is 9.59 Å². The number of piperidine rings is 1. The average Bonchev–Trinajstić information content (AvgIpc) is 2.34. The summed E-state index contributed by atoms with van der Waals surface area (Å²) in [5.74, 6) is -1.10. The second-order valence-electron chi connectivity index (χ2n) is 3.71. The molecule has 1 aromatic heterocycles. The highest BCUT2D eigenvalue weighted by Crippen LogP contribution is 2.05. The molecule has 1 fully saturated rings. The van der Waals surface area contributed by atoms with Crippen LogP contribution in [0.3, 0.4) is 0 Å². The Kier molecular flexibility index (Phi) is 3.13. The first-order chi connectivity index (χ1) is 8.16. The molecule has 1 aliphatic heterocycles. The molecule has 2 rings (SSSR count). The van der Waals surface area contributed by atoms with E-state index in [1.54, 1.807) is 12.1 Å². The molecule has 17 heavy (non-hydrogen) atoms. The number of nitrogens with zero attached hydrogens (tertiary/aromatic N) is 1. The highest BCUT2D eigenvalue weighted by molar-refractivity contribution is 6.03. The lowest BCUT2D eigenvalue weighted by atomic mass is 10.1. The van der Waals surface area contributed by atoms with Crippen LogP contribution in [0.25, 0.3) is 0 Å². The summed E-state index contributed by atoms with van der Waals surface area (Å²) in [6, 6.07) is 2.47. The standard InChI is InChI=1S/C11H11N3O3/c15-9-2-1-8(11(17)14-9)13-10(16)7-3-5-12-6-4-7/h3-6,8H,1-2H2,(H,13,16)(H,14,15,17). The number of rotatable bonds is 2. The van der Waals surface area contributed by atoms with Crippen molar-refractivity contribution in [3.05, 3.63) is 30.1 Å². The predicted octanol–water partition coefficient (Wildman–Crippen LogP) is -0.383. The van der Waals surface area contributed by atoms with Gasteiger partial charge in [0, 0.05) is 24.4 Å². The summed E-state index contributed by atoms with van der Waals surface area (Å²) < 4.78 is 0. The smallest absolute Gasteiger partial charge is 0.252 e. The molecule has 0 spiro atoms. The summed E-state index contributed by atoms with van der Waals surface area (Å²) >= 11 is 0. The summed E-state index contributed by atoms with van der Waals surface area (Å²) in [5, 5.41) is 4.76. The van der Waals surface area contributed by atoms with Gasteiger partial charge in [0.15, 0.2) is 0 Å². The minimum atomic E-state index is -0.645. The van der Waals surface area contributed by atoms with E-state index in [0.717, 1.165) is 0 Å². The van der Waals surface area contributed by atoms with Gasteiger partial charge in [-0.1, -0.05) is 0 Å². The lowest BCUT2D eigenvalue weighted by molar-refractivity contribution is -0.134. The van der Waals surface area contributed by atoms with E-state index in [9.17, 15) is 14.4 Å². The van der Waals surface area contributed by atoms with Crippen LogP contribution in [0.4, 0.5) is 0 Å². The van der Waals surface area contributed by atoms with E-state index in [1.165, 1.54) is 12.4 Å². The lowest BCUT2D eigenvalue weighted by Gasteiger charge is -2.21. The maximum atomic E-state index is 11.7. The Labute approximate surface area is 97.4 Å². The number of amides is 3. The van der Waals surface area contributed by atoms with E-state index in [-0.39, 0.29) is 18.2 Å². The van der Waals surface area contributed by atoms with E-state index >= 15 is 0 Å². The van der Waals surface area contributed by atoms with Gasteiger partial charge in [0.25, 0.3) is 5.91 Å². The van der Waals surface area contributed by atoms with Gasteiger partial charge < -0.3 is 5.32 Å². The van der Waals surface area contributed by atoms with Crippen molar-refractivity contribution in [3.8, 4) is 0 Å². The molecule has 0 aromatic carbocycles. The second-order valence-corrected chi connectivity index (χ2v) is 3.71. The molecule has 1 aromatic rings. The van der Waals surface area contributed by atoms with Gasteiger partial charge in [-0.05, 0) is 18.6 Å². The molecule has 2 N–H and O–H groups in total. The zero-order chi connectivity index (χ0) is 12.3. The predicted molar refractivity (Wildman–Crippen MR) is 57.9 cm³/mol. The van der Waals surface area contributed by atoms with Crippen molar-refractivity contribution in [2.45, 2.75) is 18.9 Å². The van der Waals surface area contributed by atoms with Crippen molar-refractivity contribution >= 4 is 17.7 Å². The van der Waals surface area contributed by atoms with Gasteiger partial charge in [-0.25, -0.2) is 0 Å². The van der Waals surface area contributed by atoms with Crippen LogP contribution in [0.1, 0.15) is 23.2 Å². The maximum absolute atomic E-state index is 11.7. The monoisotopic (exact) mass is 233 g/mol. The molecule has 2 heterocycles. The van der Waals surface area contributed by atoms with E-state index in [2.05, 4.69) is 15.6 Å². The van der Waals surface area contributed by atoms with Gasteiger partial charge in [0.05, 0.1) is 0 Å². The molecule has 1 unspecified atom stereocenters. The molecular formula is C11H11N3O3. The zero-order valence-corrected chi connectivity index (χ0v) is 8.97. The SMILES string of the molecule is O=C1CCC(NC(=O)c2ccncc2)C(=O)N1. The van der Waals surface area contributed by atoms with Gasteiger partial charge in [-0.2, -0.15) is 0 Å². The Morgan fingerprint density at radius 1 is 1.35 bits per heavy atom. The van der Waals surface area contributed by atoms with Gasteiger partial charge in [0.2, 0.25) is 11.8 Å². The fourth-order valence-corrected chi connectivity index (χ4v) is 1.58. The van der Waals surface area contributed by atoms with Crippen molar-refractivity contribution in [2.24, 2.45) is 0 Å². The van der Waals surface area contributed by atoms with Crippen molar-refractivity contribution < 1.29 is 14.4 Å². The van der Waals surface area contributed by atoms with Crippen molar-refractivity contribution in [2.75, 3.05) is 0 Å². The normalized spacial score (nSPS) is 19.6. The fraction of sp³-hybridized carbons (Fsp3) is 0.273. The Hall–Kier alpha value is -2.24. The minimum absolute atomic E-state index is 0.243. The number of hydrogen-bond donors (Lipinski definition) is 2. The molecule has 0 aliphatic carbocycles. The first-order valence-electron chi connectivity index (χ1n) is 5.21. The molecule has 1 saturated heterocycles. The number of imide groups is 1. The molecule has 0 radical (unpaired) electrons. The van der Waals surface area contributed by atoms with Gasteiger partial charge in [-0.15, -0.1) is 0 Å². The van der Waals surface area contributed by atoms with Crippen LogP contribution >= 0.6 is 0 Å². The Balaban J connectivity index is 2.00. The number of pyridine rings is 1. The Morgan fingerprint density at radius 3 is 2.71 bits per heavy atom. The van der Waals surface area contributed by atoms with Crippen molar-refractivity contribution in [1.29, 1.82) is 0 Å². The van der Waals surface area contributed by atoms with E-state index in [0.29, 0.717) is 12.0 Å². The summed E-state index contributed by atoms with van der Waals surface area (Å²) in [4.78, 5) is 37.9. The minimum Gasteiger partial charge on any atom is -0.340 e. The highest BCUT2D eigenvalue weighted by atomic mass is 16.2. The van der Waals surface area contributed by atoms with Crippen LogP contribution in [0.2, 0.25) is 0 Å². The lowest BCUT2D eigenvalue weighted by Crippen LogP contribution is -2.52. The second kappa shape index (κ2) is 4.73. The van der Waals surface area contributed by atoms with Gasteiger partial charge >= 0.3 is 0 Å². The van der Waals surface area contributed by atoms with Crippen LogP contribution in [-0.4, -0.2) is 28.7 Å². The molecule has 3 amide bonds. The van der Waals surface area contributed by atoms with Crippen LogP contribution in [0.15, 0.2) is 24.5 Å². The third kappa shape index (κ3) is 2.66. The molecule has 1 atom stereocenters. The van der Waals surface area contributed by atoms with Crippen molar-refractivity contribution in [3.63, 3.8) is 0 Å². The summed E-state index contributed by atoms with van der Waals surface area (Å²) in [6.45, 7) is 0. The summed E-state index contributed by atoms with van der Waals surface area (Å²) in [6.07, 6.45) is 3.58. The zero-order valence-electron chi connectivity index (χ0n) is 8.97. The quantitative estimate of drug-likeness (QED) is 0.681. The van der Waals surface area contributed by atoms with Crippen LogP contribution in [0, 0.1) is 0 Å². The Bertz CT molecular complexity index is 458. The third-order valence-electron chi connectivity index (χ3n) is 2.49. The molecule has 1 aliphatic rings. The average molecular weight is 233 g/mol. The fourth-order valence-electron chi connectivity index (χ4n) is 1.58. The number of nitrogens with one attached hydrogen (secondary N) is 2. The summed E-state index contributed by atoms with van der Waals surface area (Å²) in [7, 11) is 0. The van der Waals surface area contributed by atoms with Crippen molar-refractivity contribution in [1.82, 2.24) is 15.6 Å². The number of carbonyl (C=O) groups excluding carboxylic acids is 3. The molecule has 0 bridgehead atoms. The van der Waals surface area contributed by atoms with Gasteiger partial charge in [-0.3, -0.25) is 24.7 Å². The number of aromatic nitrogens is 1. The molecule has 88 valence electrons. The first kappa shape index (κ1) is 11.3. The number of hydrogen-bond acceptors (Lipinski definition) is 4. The topological polar surface area (TPSA) is 88.2 Å². The highest BCUT2D eigenvalue weighted by Gasteiger charge is 2.27. The van der Waals surface area contributed by atoms with Crippen LogP contribution in [0.5, 0.6) is 0 Å².